The fraction of sp³-hybridized carbons (Fsp3) is 0.600. The minimum atomic E-state index is -0.440. The van der Waals surface area contributed by atoms with Crippen LogP contribution in [0.25, 0.3) is 0 Å². The molecule has 0 saturated heterocycles. The number of benzene rings is 1. The topological polar surface area (TPSA) is 46.2 Å². The van der Waals surface area contributed by atoms with Gasteiger partial charge in [-0.1, -0.05) is 45.0 Å². The summed E-state index contributed by atoms with van der Waals surface area (Å²) in [6.07, 6.45) is 2.38. The van der Waals surface area contributed by atoms with Gasteiger partial charge < -0.3 is 10.8 Å². The standard InChI is InChI=1S/C15H25NO.ClH/c1-4-12-6-8-13(9-7-12)15(16)14(17)10-5-11(2)3;/h6-9,11,14-15,17H,4-5,10,16H2,1-3H3;1H/t14-,15+;/m1./s1. The molecule has 0 saturated carbocycles. The fourth-order valence-electron chi connectivity index (χ4n) is 1.88. The summed E-state index contributed by atoms with van der Waals surface area (Å²) in [4.78, 5) is 0. The molecule has 3 N–H and O–H groups in total. The maximum absolute atomic E-state index is 10.0. The number of aliphatic hydroxyl groups is 1. The van der Waals surface area contributed by atoms with Crippen LogP contribution < -0.4 is 5.73 Å². The lowest BCUT2D eigenvalue weighted by molar-refractivity contribution is 0.128. The summed E-state index contributed by atoms with van der Waals surface area (Å²) >= 11 is 0. The van der Waals surface area contributed by atoms with E-state index in [-0.39, 0.29) is 18.4 Å². The fourth-order valence-corrected chi connectivity index (χ4v) is 1.88. The maximum Gasteiger partial charge on any atom is 0.0732 e. The number of hydrogen-bond acceptors (Lipinski definition) is 2. The minimum absolute atomic E-state index is 0. The van der Waals surface area contributed by atoms with Crippen molar-refractivity contribution in [3.05, 3.63) is 35.4 Å². The van der Waals surface area contributed by atoms with Crippen LogP contribution in [0.3, 0.4) is 0 Å². The molecule has 0 amide bonds. The largest absolute Gasteiger partial charge is 0.391 e. The molecule has 0 unspecified atom stereocenters. The molecule has 0 spiro atoms. The van der Waals surface area contributed by atoms with Crippen molar-refractivity contribution < 1.29 is 5.11 Å². The number of hydrogen-bond donors (Lipinski definition) is 2. The average molecular weight is 272 g/mol. The molecule has 1 aromatic rings. The Kier molecular flexibility index (Phi) is 8.25. The molecule has 2 atom stereocenters. The molecular weight excluding hydrogens is 246 g/mol. The summed E-state index contributed by atoms with van der Waals surface area (Å²) < 4.78 is 0. The molecule has 0 radical (unpaired) electrons. The van der Waals surface area contributed by atoms with Crippen LogP contribution in [0.4, 0.5) is 0 Å². The van der Waals surface area contributed by atoms with E-state index in [1.807, 2.05) is 12.1 Å². The van der Waals surface area contributed by atoms with Gasteiger partial charge >= 0.3 is 0 Å². The highest BCUT2D eigenvalue weighted by Gasteiger charge is 2.16. The smallest absolute Gasteiger partial charge is 0.0732 e. The van der Waals surface area contributed by atoms with E-state index in [2.05, 4.69) is 32.9 Å². The highest BCUT2D eigenvalue weighted by atomic mass is 35.5. The number of nitrogens with two attached hydrogens (primary N) is 1. The Morgan fingerprint density at radius 1 is 1.11 bits per heavy atom. The molecule has 2 nitrogen and oxygen atoms in total. The zero-order chi connectivity index (χ0) is 12.8. The van der Waals surface area contributed by atoms with E-state index in [9.17, 15) is 5.11 Å². The molecule has 0 bridgehead atoms. The highest BCUT2D eigenvalue weighted by Crippen LogP contribution is 2.20. The van der Waals surface area contributed by atoms with Crippen molar-refractivity contribution in [1.29, 1.82) is 0 Å². The SMILES string of the molecule is CCc1ccc([C@H](N)[C@H](O)CCC(C)C)cc1.Cl. The zero-order valence-corrected chi connectivity index (χ0v) is 12.4. The van der Waals surface area contributed by atoms with Crippen LogP contribution >= 0.6 is 12.4 Å². The summed E-state index contributed by atoms with van der Waals surface area (Å²) in [6, 6.07) is 7.97. The van der Waals surface area contributed by atoms with Crippen LogP contribution in [0.2, 0.25) is 0 Å². The monoisotopic (exact) mass is 271 g/mol. The van der Waals surface area contributed by atoms with Gasteiger partial charge in [-0.25, -0.2) is 0 Å². The summed E-state index contributed by atoms with van der Waals surface area (Å²) in [5.41, 5.74) is 8.40. The van der Waals surface area contributed by atoms with Crippen molar-refractivity contribution in [2.24, 2.45) is 11.7 Å². The number of aliphatic hydroxyl groups excluding tert-OH is 1. The van der Waals surface area contributed by atoms with Gasteiger partial charge in [0.1, 0.15) is 0 Å². The molecule has 0 fully saturated rings. The zero-order valence-electron chi connectivity index (χ0n) is 11.6. The normalized spacial score (nSPS) is 14.1. The van der Waals surface area contributed by atoms with E-state index in [1.165, 1.54) is 5.56 Å². The van der Waals surface area contributed by atoms with Gasteiger partial charge in [0, 0.05) is 0 Å². The predicted molar refractivity (Wildman–Crippen MR) is 80.1 cm³/mol. The van der Waals surface area contributed by atoms with Gasteiger partial charge in [-0.2, -0.15) is 0 Å². The Morgan fingerprint density at radius 3 is 2.11 bits per heavy atom. The molecule has 18 heavy (non-hydrogen) atoms. The first kappa shape index (κ1) is 17.4. The van der Waals surface area contributed by atoms with Gasteiger partial charge in [-0.3, -0.25) is 0 Å². The van der Waals surface area contributed by atoms with Gasteiger partial charge in [0.2, 0.25) is 0 Å². The van der Waals surface area contributed by atoms with Gasteiger partial charge in [0.25, 0.3) is 0 Å². The third-order valence-corrected chi connectivity index (χ3v) is 3.23. The molecule has 0 aliphatic rings. The Hall–Kier alpha value is -0.570. The summed E-state index contributed by atoms with van der Waals surface area (Å²) in [5.74, 6) is 0.610. The van der Waals surface area contributed by atoms with Crippen molar-refractivity contribution in [3.63, 3.8) is 0 Å². The third kappa shape index (κ3) is 5.38. The first-order valence-electron chi connectivity index (χ1n) is 6.57. The highest BCUT2D eigenvalue weighted by molar-refractivity contribution is 5.85. The van der Waals surface area contributed by atoms with Crippen LogP contribution in [0.15, 0.2) is 24.3 Å². The van der Waals surface area contributed by atoms with Crippen LogP contribution in [0.1, 0.15) is 50.8 Å². The summed E-state index contributed by atoms with van der Waals surface area (Å²) in [7, 11) is 0. The molecular formula is C15H26ClNO. The Morgan fingerprint density at radius 2 is 1.67 bits per heavy atom. The van der Waals surface area contributed by atoms with Crippen LogP contribution in [0, 0.1) is 5.92 Å². The lowest BCUT2D eigenvalue weighted by Crippen LogP contribution is -2.26. The molecule has 1 aromatic carbocycles. The first-order chi connectivity index (χ1) is 8.04. The second-order valence-corrected chi connectivity index (χ2v) is 5.16. The summed E-state index contributed by atoms with van der Waals surface area (Å²) in [6.45, 7) is 6.45. The van der Waals surface area contributed by atoms with Crippen LogP contribution in [-0.4, -0.2) is 11.2 Å². The Balaban J connectivity index is 0.00000289. The lowest BCUT2D eigenvalue weighted by Gasteiger charge is -2.20. The molecule has 0 aromatic heterocycles. The van der Waals surface area contributed by atoms with Gasteiger partial charge in [0.05, 0.1) is 12.1 Å². The number of halogens is 1. The quantitative estimate of drug-likeness (QED) is 0.832. The van der Waals surface area contributed by atoms with Gasteiger partial charge in [-0.15, -0.1) is 12.4 Å². The van der Waals surface area contributed by atoms with Crippen LogP contribution in [-0.2, 0) is 6.42 Å². The van der Waals surface area contributed by atoms with E-state index in [0.717, 1.165) is 24.8 Å². The Labute approximate surface area is 117 Å². The second kappa shape index (κ2) is 8.52. The van der Waals surface area contributed by atoms with Crippen molar-refractivity contribution in [2.45, 2.75) is 52.2 Å². The number of rotatable bonds is 6. The minimum Gasteiger partial charge on any atom is -0.391 e. The molecule has 0 aliphatic heterocycles. The van der Waals surface area contributed by atoms with Crippen LogP contribution in [0.5, 0.6) is 0 Å². The lowest BCUT2D eigenvalue weighted by atomic mass is 9.95. The van der Waals surface area contributed by atoms with Crippen molar-refractivity contribution >= 4 is 12.4 Å². The van der Waals surface area contributed by atoms with E-state index in [1.54, 1.807) is 0 Å². The third-order valence-electron chi connectivity index (χ3n) is 3.23. The van der Waals surface area contributed by atoms with Crippen molar-refractivity contribution in [1.82, 2.24) is 0 Å². The average Bonchev–Trinajstić information content (AvgIpc) is 2.35. The molecule has 1 rings (SSSR count). The van der Waals surface area contributed by atoms with E-state index >= 15 is 0 Å². The molecule has 0 heterocycles. The van der Waals surface area contributed by atoms with Crippen molar-refractivity contribution in [3.8, 4) is 0 Å². The van der Waals surface area contributed by atoms with E-state index in [4.69, 9.17) is 5.73 Å². The molecule has 104 valence electrons. The predicted octanol–water partition coefficient (Wildman–Crippen LogP) is 3.47. The van der Waals surface area contributed by atoms with E-state index in [0.29, 0.717) is 5.92 Å². The van der Waals surface area contributed by atoms with Gasteiger partial charge in [-0.05, 0) is 36.3 Å². The number of aryl methyl sites for hydroxylation is 1. The maximum atomic E-state index is 10.0. The summed E-state index contributed by atoms with van der Waals surface area (Å²) in [5, 5.41) is 10.0. The molecule has 3 heteroatoms. The first-order valence-corrected chi connectivity index (χ1v) is 6.57. The molecule has 0 aliphatic carbocycles. The van der Waals surface area contributed by atoms with Crippen molar-refractivity contribution in [2.75, 3.05) is 0 Å². The second-order valence-electron chi connectivity index (χ2n) is 5.16. The Bertz CT molecular complexity index is 324. The van der Waals surface area contributed by atoms with E-state index < -0.39 is 6.10 Å². The van der Waals surface area contributed by atoms with Gasteiger partial charge in [0.15, 0.2) is 0 Å².